The Balaban J connectivity index is 1.96. The highest BCUT2D eigenvalue weighted by Crippen LogP contribution is 2.34. The first kappa shape index (κ1) is 15.4. The molecule has 19 heavy (non-hydrogen) atoms. The predicted molar refractivity (Wildman–Crippen MR) is 84.3 cm³/mol. The molecule has 2 aliphatic rings. The predicted octanol–water partition coefficient (Wildman–Crippen LogP) is 5.01. The Morgan fingerprint density at radius 3 is 1.37 bits per heavy atom. The van der Waals surface area contributed by atoms with Gasteiger partial charge in [-0.15, -0.1) is 0 Å². The topological polar surface area (TPSA) is 12.0 Å². The van der Waals surface area contributed by atoms with E-state index in [0.717, 1.165) is 35.8 Å². The molecule has 1 heteroatoms. The van der Waals surface area contributed by atoms with Gasteiger partial charge in [0.1, 0.15) is 0 Å². The molecule has 0 saturated heterocycles. The second-order valence-corrected chi connectivity index (χ2v) is 7.76. The number of nitrogens with one attached hydrogen (secondary N) is 1. The van der Waals surface area contributed by atoms with Crippen molar-refractivity contribution in [2.24, 2.45) is 23.7 Å². The van der Waals surface area contributed by atoms with E-state index in [2.05, 4.69) is 33.0 Å². The third-order valence-electron chi connectivity index (χ3n) is 5.78. The average molecular weight is 265 g/mol. The highest BCUT2D eigenvalue weighted by molar-refractivity contribution is 4.90. The van der Waals surface area contributed by atoms with Crippen molar-refractivity contribution in [3.63, 3.8) is 0 Å². The zero-order chi connectivity index (χ0) is 13.8. The zero-order valence-corrected chi connectivity index (χ0v) is 13.6. The fraction of sp³-hybridized carbons (Fsp3) is 1.00. The summed E-state index contributed by atoms with van der Waals surface area (Å²) < 4.78 is 0. The summed E-state index contributed by atoms with van der Waals surface area (Å²) >= 11 is 0. The Kier molecular flexibility index (Phi) is 5.74. The van der Waals surface area contributed by atoms with Crippen molar-refractivity contribution in [3.8, 4) is 0 Å². The van der Waals surface area contributed by atoms with Crippen LogP contribution in [0, 0.1) is 23.7 Å². The summed E-state index contributed by atoms with van der Waals surface area (Å²) in [4.78, 5) is 0. The van der Waals surface area contributed by atoms with Crippen molar-refractivity contribution in [2.75, 3.05) is 0 Å². The van der Waals surface area contributed by atoms with Gasteiger partial charge in [0.25, 0.3) is 0 Å². The van der Waals surface area contributed by atoms with Gasteiger partial charge in [0, 0.05) is 12.1 Å². The van der Waals surface area contributed by atoms with E-state index in [0.29, 0.717) is 0 Å². The minimum absolute atomic E-state index is 0.804. The van der Waals surface area contributed by atoms with Gasteiger partial charge in [-0.25, -0.2) is 0 Å². The van der Waals surface area contributed by atoms with E-state index >= 15 is 0 Å². The lowest BCUT2D eigenvalue weighted by molar-refractivity contribution is 0.137. The van der Waals surface area contributed by atoms with Gasteiger partial charge in [0.05, 0.1) is 0 Å². The third-order valence-corrected chi connectivity index (χ3v) is 5.78. The van der Waals surface area contributed by atoms with Gasteiger partial charge in [-0.2, -0.15) is 0 Å². The Hall–Kier alpha value is -0.0400. The smallest absolute Gasteiger partial charge is 0.0100 e. The highest BCUT2D eigenvalue weighted by Gasteiger charge is 2.33. The van der Waals surface area contributed by atoms with Gasteiger partial charge < -0.3 is 5.32 Å². The molecule has 0 bridgehead atoms. The van der Waals surface area contributed by atoms with E-state index < -0.39 is 0 Å². The maximum Gasteiger partial charge on any atom is 0.0100 e. The quantitative estimate of drug-likeness (QED) is 0.754. The van der Waals surface area contributed by atoms with E-state index in [1.165, 1.54) is 51.4 Å². The molecule has 0 heterocycles. The summed E-state index contributed by atoms with van der Waals surface area (Å²) in [5.41, 5.74) is 0. The van der Waals surface area contributed by atoms with Crippen molar-refractivity contribution in [1.82, 2.24) is 5.32 Å². The van der Waals surface area contributed by atoms with Crippen LogP contribution in [-0.2, 0) is 0 Å². The standard InChI is InChI=1S/C18H35N/c1-13(2)15-9-5-7-11-17(15)19-18-12-8-6-10-16(18)14(3)4/h13-19H,5-12H2,1-4H3/t15-,16-,17-,18+/m0/s1. The van der Waals surface area contributed by atoms with Crippen LogP contribution in [0.2, 0.25) is 0 Å². The van der Waals surface area contributed by atoms with Gasteiger partial charge >= 0.3 is 0 Å². The van der Waals surface area contributed by atoms with Crippen LogP contribution >= 0.6 is 0 Å². The van der Waals surface area contributed by atoms with Crippen molar-refractivity contribution in [2.45, 2.75) is 91.1 Å². The largest absolute Gasteiger partial charge is 0.311 e. The van der Waals surface area contributed by atoms with Crippen molar-refractivity contribution in [3.05, 3.63) is 0 Å². The number of hydrogen-bond donors (Lipinski definition) is 1. The minimum atomic E-state index is 0.804. The second-order valence-electron chi connectivity index (χ2n) is 7.76. The molecule has 1 N–H and O–H groups in total. The van der Waals surface area contributed by atoms with Gasteiger partial charge in [-0.1, -0.05) is 53.4 Å². The summed E-state index contributed by atoms with van der Waals surface area (Å²) in [6, 6.07) is 1.61. The van der Waals surface area contributed by atoms with Crippen LogP contribution in [0.1, 0.15) is 79.1 Å². The Bertz CT molecular complexity index is 232. The monoisotopic (exact) mass is 265 g/mol. The van der Waals surface area contributed by atoms with Crippen LogP contribution in [0.3, 0.4) is 0 Å². The van der Waals surface area contributed by atoms with E-state index in [1.54, 1.807) is 0 Å². The Labute approximate surface area is 120 Å². The first-order valence-electron chi connectivity index (χ1n) is 8.85. The van der Waals surface area contributed by atoms with Crippen molar-refractivity contribution >= 4 is 0 Å². The summed E-state index contributed by atoms with van der Waals surface area (Å²) in [5, 5.41) is 4.12. The highest BCUT2D eigenvalue weighted by atomic mass is 15.0. The molecule has 0 amide bonds. The molecule has 112 valence electrons. The van der Waals surface area contributed by atoms with Crippen LogP contribution in [0.5, 0.6) is 0 Å². The van der Waals surface area contributed by atoms with Crippen LogP contribution < -0.4 is 5.32 Å². The number of hydrogen-bond acceptors (Lipinski definition) is 1. The van der Waals surface area contributed by atoms with Gasteiger partial charge in [-0.3, -0.25) is 0 Å². The van der Waals surface area contributed by atoms with E-state index in [9.17, 15) is 0 Å². The molecule has 0 radical (unpaired) electrons. The molecule has 0 aliphatic heterocycles. The molecule has 2 fully saturated rings. The maximum absolute atomic E-state index is 4.12. The molecule has 1 nitrogen and oxygen atoms in total. The van der Waals surface area contributed by atoms with Crippen LogP contribution in [0.15, 0.2) is 0 Å². The minimum Gasteiger partial charge on any atom is -0.311 e. The SMILES string of the molecule is CC(C)[C@@H]1CCCC[C@@H]1N[C@@H]1CCCC[C@H]1C(C)C. The lowest BCUT2D eigenvalue weighted by atomic mass is 9.74. The molecule has 0 aromatic heterocycles. The van der Waals surface area contributed by atoms with Crippen LogP contribution in [0.25, 0.3) is 0 Å². The lowest BCUT2D eigenvalue weighted by Crippen LogP contribution is -2.50. The first-order valence-corrected chi connectivity index (χ1v) is 8.85. The summed E-state index contributed by atoms with van der Waals surface area (Å²) in [6.07, 6.45) is 11.6. The van der Waals surface area contributed by atoms with Gasteiger partial charge in [0.2, 0.25) is 0 Å². The third kappa shape index (κ3) is 3.97. The fourth-order valence-electron chi connectivity index (χ4n) is 4.60. The first-order chi connectivity index (χ1) is 9.09. The summed E-state index contributed by atoms with van der Waals surface area (Å²) in [5.74, 6) is 3.53. The Morgan fingerprint density at radius 1 is 0.632 bits per heavy atom. The van der Waals surface area contributed by atoms with E-state index in [4.69, 9.17) is 0 Å². The van der Waals surface area contributed by atoms with Gasteiger partial charge in [0.15, 0.2) is 0 Å². The molecule has 0 unspecified atom stereocenters. The normalized spacial score (nSPS) is 36.9. The molecule has 2 rings (SSSR count). The lowest BCUT2D eigenvalue weighted by Gasteiger charge is -2.42. The molecular formula is C18H35N. The molecule has 0 spiro atoms. The molecule has 0 aromatic rings. The molecular weight excluding hydrogens is 230 g/mol. The Morgan fingerprint density at radius 2 is 1.00 bits per heavy atom. The van der Waals surface area contributed by atoms with E-state index in [-0.39, 0.29) is 0 Å². The molecule has 2 saturated carbocycles. The molecule has 0 aromatic carbocycles. The fourth-order valence-corrected chi connectivity index (χ4v) is 4.60. The summed E-state index contributed by atoms with van der Waals surface area (Å²) in [7, 11) is 0. The van der Waals surface area contributed by atoms with Crippen LogP contribution in [-0.4, -0.2) is 12.1 Å². The number of rotatable bonds is 4. The second kappa shape index (κ2) is 7.11. The van der Waals surface area contributed by atoms with Crippen LogP contribution in [0.4, 0.5) is 0 Å². The average Bonchev–Trinajstić information content (AvgIpc) is 2.39. The summed E-state index contributed by atoms with van der Waals surface area (Å²) in [6.45, 7) is 9.69. The van der Waals surface area contributed by atoms with Gasteiger partial charge in [-0.05, 0) is 49.4 Å². The van der Waals surface area contributed by atoms with E-state index in [1.807, 2.05) is 0 Å². The van der Waals surface area contributed by atoms with Crippen molar-refractivity contribution in [1.29, 1.82) is 0 Å². The zero-order valence-electron chi connectivity index (χ0n) is 13.6. The maximum atomic E-state index is 4.12. The molecule has 2 aliphatic carbocycles. The molecule has 4 atom stereocenters. The van der Waals surface area contributed by atoms with Crippen molar-refractivity contribution < 1.29 is 0 Å².